The first kappa shape index (κ1) is 13.7. The predicted octanol–water partition coefficient (Wildman–Crippen LogP) is 4.06. The van der Waals surface area contributed by atoms with Gasteiger partial charge in [0.2, 0.25) is 0 Å². The van der Waals surface area contributed by atoms with Gasteiger partial charge in [-0.1, -0.05) is 30.3 Å². The van der Waals surface area contributed by atoms with Gasteiger partial charge in [0.05, 0.1) is 19.2 Å². The van der Waals surface area contributed by atoms with Crippen LogP contribution in [0.2, 0.25) is 0 Å². The van der Waals surface area contributed by atoms with Gasteiger partial charge < -0.3 is 9.73 Å². The minimum absolute atomic E-state index is 0.267. The molecular weight excluding hydrogens is 255 g/mol. The number of furan rings is 1. The van der Waals surface area contributed by atoms with Gasteiger partial charge >= 0.3 is 6.18 Å². The van der Waals surface area contributed by atoms with Crippen LogP contribution in [0.1, 0.15) is 23.8 Å². The second-order valence-corrected chi connectivity index (χ2v) is 4.24. The molecule has 19 heavy (non-hydrogen) atoms. The zero-order valence-electron chi connectivity index (χ0n) is 10.2. The third-order valence-electron chi connectivity index (χ3n) is 2.74. The SMILES string of the molecule is FC(F)(F)CC(NCc1ccco1)c1ccccc1. The van der Waals surface area contributed by atoms with E-state index < -0.39 is 18.6 Å². The summed E-state index contributed by atoms with van der Waals surface area (Å²) >= 11 is 0. The smallest absolute Gasteiger partial charge is 0.390 e. The molecule has 0 bridgehead atoms. The molecule has 0 aliphatic carbocycles. The van der Waals surface area contributed by atoms with E-state index in [9.17, 15) is 13.2 Å². The Morgan fingerprint density at radius 2 is 1.79 bits per heavy atom. The van der Waals surface area contributed by atoms with Crippen molar-refractivity contribution in [2.24, 2.45) is 0 Å². The van der Waals surface area contributed by atoms with E-state index in [0.29, 0.717) is 11.3 Å². The molecule has 1 unspecified atom stereocenters. The van der Waals surface area contributed by atoms with Gasteiger partial charge in [0, 0.05) is 6.04 Å². The summed E-state index contributed by atoms with van der Waals surface area (Å²) in [6.07, 6.45) is -3.62. The van der Waals surface area contributed by atoms with E-state index in [0.717, 1.165) is 0 Å². The third-order valence-corrected chi connectivity index (χ3v) is 2.74. The molecule has 1 heterocycles. The minimum Gasteiger partial charge on any atom is -0.468 e. The van der Waals surface area contributed by atoms with E-state index in [1.807, 2.05) is 0 Å². The summed E-state index contributed by atoms with van der Waals surface area (Å²) in [5.74, 6) is 0.614. The molecule has 1 atom stereocenters. The lowest BCUT2D eigenvalue weighted by Gasteiger charge is -2.20. The van der Waals surface area contributed by atoms with Crippen LogP contribution < -0.4 is 5.32 Å². The monoisotopic (exact) mass is 269 g/mol. The Kier molecular flexibility index (Phi) is 4.27. The summed E-state index contributed by atoms with van der Waals surface area (Å²) in [6.45, 7) is 0.267. The summed E-state index contributed by atoms with van der Waals surface area (Å²) in [6, 6.07) is 11.3. The highest BCUT2D eigenvalue weighted by Gasteiger charge is 2.32. The summed E-state index contributed by atoms with van der Waals surface area (Å²) in [5, 5.41) is 2.88. The molecule has 0 radical (unpaired) electrons. The Hall–Kier alpha value is -1.75. The van der Waals surface area contributed by atoms with E-state index in [2.05, 4.69) is 5.32 Å². The number of hydrogen-bond acceptors (Lipinski definition) is 2. The zero-order chi connectivity index (χ0) is 13.7. The fraction of sp³-hybridized carbons (Fsp3) is 0.286. The highest BCUT2D eigenvalue weighted by molar-refractivity contribution is 5.19. The molecule has 0 aliphatic heterocycles. The van der Waals surface area contributed by atoms with Crippen molar-refractivity contribution in [2.75, 3.05) is 0 Å². The molecule has 0 fully saturated rings. The van der Waals surface area contributed by atoms with Gasteiger partial charge in [0.25, 0.3) is 0 Å². The molecule has 0 aliphatic rings. The van der Waals surface area contributed by atoms with Crippen LogP contribution in [-0.4, -0.2) is 6.18 Å². The van der Waals surface area contributed by atoms with Crippen molar-refractivity contribution >= 4 is 0 Å². The maximum atomic E-state index is 12.6. The van der Waals surface area contributed by atoms with Gasteiger partial charge in [-0.05, 0) is 17.7 Å². The van der Waals surface area contributed by atoms with Crippen LogP contribution in [0.15, 0.2) is 53.1 Å². The van der Waals surface area contributed by atoms with Crippen molar-refractivity contribution in [3.8, 4) is 0 Å². The van der Waals surface area contributed by atoms with Gasteiger partial charge in [-0.25, -0.2) is 0 Å². The van der Waals surface area contributed by atoms with Gasteiger partial charge in [0.15, 0.2) is 0 Å². The molecule has 2 aromatic rings. The van der Waals surface area contributed by atoms with Gasteiger partial charge in [-0.2, -0.15) is 13.2 Å². The number of nitrogens with one attached hydrogen (secondary N) is 1. The van der Waals surface area contributed by atoms with E-state index in [1.54, 1.807) is 42.5 Å². The van der Waals surface area contributed by atoms with Crippen LogP contribution >= 0.6 is 0 Å². The molecule has 0 spiro atoms. The van der Waals surface area contributed by atoms with Crippen LogP contribution in [0, 0.1) is 0 Å². The van der Waals surface area contributed by atoms with Crippen molar-refractivity contribution < 1.29 is 17.6 Å². The largest absolute Gasteiger partial charge is 0.468 e. The molecule has 1 aromatic carbocycles. The first-order valence-electron chi connectivity index (χ1n) is 5.92. The zero-order valence-corrected chi connectivity index (χ0v) is 10.2. The first-order chi connectivity index (χ1) is 9.04. The van der Waals surface area contributed by atoms with Crippen LogP contribution in [0.3, 0.4) is 0 Å². The molecule has 0 saturated heterocycles. The van der Waals surface area contributed by atoms with Crippen molar-refractivity contribution in [1.29, 1.82) is 0 Å². The molecule has 5 heteroatoms. The van der Waals surface area contributed by atoms with Crippen LogP contribution in [0.25, 0.3) is 0 Å². The van der Waals surface area contributed by atoms with Gasteiger partial charge in [-0.15, -0.1) is 0 Å². The second-order valence-electron chi connectivity index (χ2n) is 4.24. The molecule has 1 N–H and O–H groups in total. The average molecular weight is 269 g/mol. The average Bonchev–Trinajstić information content (AvgIpc) is 2.87. The standard InChI is InChI=1S/C14H14F3NO/c15-14(16,17)9-13(11-5-2-1-3-6-11)18-10-12-7-4-8-19-12/h1-8,13,18H,9-10H2. The van der Waals surface area contributed by atoms with E-state index in [-0.39, 0.29) is 6.54 Å². The summed E-state index contributed by atoms with van der Waals surface area (Å²) in [7, 11) is 0. The minimum atomic E-state index is -4.21. The number of benzene rings is 1. The summed E-state index contributed by atoms with van der Waals surface area (Å²) in [4.78, 5) is 0. The predicted molar refractivity (Wildman–Crippen MR) is 65.4 cm³/mol. The number of rotatable bonds is 5. The first-order valence-corrected chi connectivity index (χ1v) is 5.92. The molecule has 1 aromatic heterocycles. The van der Waals surface area contributed by atoms with Crippen LogP contribution in [0.5, 0.6) is 0 Å². The lowest BCUT2D eigenvalue weighted by molar-refractivity contribution is -0.140. The molecule has 102 valence electrons. The topological polar surface area (TPSA) is 25.2 Å². The Morgan fingerprint density at radius 1 is 1.05 bits per heavy atom. The van der Waals surface area contributed by atoms with Crippen molar-refractivity contribution in [3.05, 3.63) is 60.1 Å². The third kappa shape index (κ3) is 4.44. The quantitative estimate of drug-likeness (QED) is 0.885. The molecular formula is C14H14F3NO. The highest BCUT2D eigenvalue weighted by atomic mass is 19.4. The maximum absolute atomic E-state index is 12.6. The molecule has 2 rings (SSSR count). The summed E-state index contributed by atoms with van der Waals surface area (Å²) in [5.41, 5.74) is 0.617. The fourth-order valence-electron chi connectivity index (χ4n) is 1.86. The van der Waals surface area contributed by atoms with Crippen LogP contribution in [-0.2, 0) is 6.54 Å². The van der Waals surface area contributed by atoms with Crippen molar-refractivity contribution in [1.82, 2.24) is 5.32 Å². The Morgan fingerprint density at radius 3 is 2.37 bits per heavy atom. The second kappa shape index (κ2) is 5.93. The van der Waals surface area contributed by atoms with Gasteiger partial charge in [0.1, 0.15) is 5.76 Å². The van der Waals surface area contributed by atoms with E-state index >= 15 is 0 Å². The Labute approximate surface area is 109 Å². The van der Waals surface area contributed by atoms with E-state index in [4.69, 9.17) is 4.42 Å². The van der Waals surface area contributed by atoms with Gasteiger partial charge in [-0.3, -0.25) is 0 Å². The van der Waals surface area contributed by atoms with E-state index in [1.165, 1.54) is 6.26 Å². The molecule has 2 nitrogen and oxygen atoms in total. The molecule has 0 amide bonds. The lowest BCUT2D eigenvalue weighted by atomic mass is 10.0. The number of hydrogen-bond donors (Lipinski definition) is 1. The normalized spacial score (nSPS) is 13.4. The van der Waals surface area contributed by atoms with Crippen molar-refractivity contribution in [3.63, 3.8) is 0 Å². The number of alkyl halides is 3. The van der Waals surface area contributed by atoms with Crippen LogP contribution in [0.4, 0.5) is 13.2 Å². The highest BCUT2D eigenvalue weighted by Crippen LogP contribution is 2.29. The maximum Gasteiger partial charge on any atom is 0.390 e. The van der Waals surface area contributed by atoms with Crippen molar-refractivity contribution in [2.45, 2.75) is 25.2 Å². The fourth-order valence-corrected chi connectivity index (χ4v) is 1.86. The lowest BCUT2D eigenvalue weighted by Crippen LogP contribution is -2.26. The molecule has 0 saturated carbocycles. The summed E-state index contributed by atoms with van der Waals surface area (Å²) < 4.78 is 42.9. The Bertz CT molecular complexity index is 479. The Balaban J connectivity index is 2.06. The number of halogens is 3.